The Hall–Kier alpha value is -6.05. The van der Waals surface area contributed by atoms with Crippen molar-refractivity contribution in [1.82, 2.24) is 39.9 Å². The van der Waals surface area contributed by atoms with Crippen LogP contribution in [0.1, 0.15) is 111 Å². The first-order chi connectivity index (χ1) is 34.3. The Balaban J connectivity index is 0.00000711. The molecule has 9 rings (SSSR count). The fourth-order valence-electron chi connectivity index (χ4n) is 10.9. The zero-order chi connectivity index (χ0) is 51.4. The van der Waals surface area contributed by atoms with E-state index in [0.29, 0.717) is 68.9 Å². The summed E-state index contributed by atoms with van der Waals surface area (Å²) in [5, 5.41) is 2.98. The summed E-state index contributed by atoms with van der Waals surface area (Å²) in [6, 6.07) is 24.0. The Kier molecular flexibility index (Phi) is 15.6. The van der Waals surface area contributed by atoms with E-state index >= 15 is 0 Å². The first kappa shape index (κ1) is 53.2. The third-order valence-corrected chi connectivity index (χ3v) is 14.0. The molecule has 0 saturated carbocycles. The molecule has 2 aliphatic heterocycles. The minimum Gasteiger partial charge on any atom is -0.489 e. The maximum atomic E-state index is 6.99. The normalized spacial score (nSPS) is 12.7. The van der Waals surface area contributed by atoms with Crippen LogP contribution in [0.3, 0.4) is 0 Å². The molecule has 8 bridgehead atoms. The number of ether oxygens (including phenoxy) is 4. The van der Waals surface area contributed by atoms with Gasteiger partial charge in [0, 0.05) is 44.5 Å². The molecule has 13 heteroatoms. The van der Waals surface area contributed by atoms with Gasteiger partial charge in [0.1, 0.15) is 47.4 Å². The molecule has 0 N–H and O–H groups in total. The van der Waals surface area contributed by atoms with Crippen LogP contribution in [0.2, 0.25) is 0 Å². The van der Waals surface area contributed by atoms with Crippen molar-refractivity contribution in [1.29, 1.82) is 0 Å². The Morgan fingerprint density at radius 1 is 0.315 bits per heavy atom. The average molecular weight is 1030 g/mol. The van der Waals surface area contributed by atoms with Crippen LogP contribution in [0.4, 0.5) is 0 Å². The van der Waals surface area contributed by atoms with E-state index in [1.807, 2.05) is 72.8 Å². The number of rotatable bonds is 16. The summed E-state index contributed by atoms with van der Waals surface area (Å²) in [6.45, 7) is 35.0. The predicted molar refractivity (Wildman–Crippen MR) is 290 cm³/mol. The van der Waals surface area contributed by atoms with Gasteiger partial charge in [-0.25, -0.2) is 9.97 Å². The second kappa shape index (κ2) is 21.4. The maximum absolute atomic E-state index is 6.99. The molecule has 3 aromatic heterocycles. The fourth-order valence-corrected chi connectivity index (χ4v) is 10.9. The molecule has 0 saturated heterocycles. The first-order valence-electron chi connectivity index (χ1n) is 26.2. The van der Waals surface area contributed by atoms with Gasteiger partial charge in [-0.1, -0.05) is 159 Å². The second-order valence-corrected chi connectivity index (χ2v) is 22.5. The standard InChI is InChI=1S/C60H72N8O4.Co/c1-29(2)49(30(3)4)69-41-25-17-21-37-45(41)57-63-53(37)61-54-39-23-19-27-43(71-51(33(9)10)34(11)12)47(39)59(65-54)68-60-48-40(24-20-28-44(48)72-52(35(13)14)36(15)16)56(66-60)62-55-38-22-18-26-42(46(38)58(64-55)67-57)70-50(31(5)6)32(7)8;/h17-36,49-52H,1-16H3;/q-2;+2. The van der Waals surface area contributed by atoms with Crippen LogP contribution in [-0.2, 0) is 16.8 Å². The van der Waals surface area contributed by atoms with Crippen LogP contribution >= 0.6 is 0 Å². The Labute approximate surface area is 441 Å². The molecular formula is C60H72CoN8O4. The molecule has 0 aliphatic carbocycles. The van der Waals surface area contributed by atoms with Crippen molar-refractivity contribution in [3.05, 3.63) is 72.8 Å². The Morgan fingerprint density at radius 2 is 0.589 bits per heavy atom. The zero-order valence-electron chi connectivity index (χ0n) is 45.4. The van der Waals surface area contributed by atoms with E-state index in [9.17, 15) is 0 Å². The summed E-state index contributed by atoms with van der Waals surface area (Å²) in [5.74, 6) is 6.26. The smallest absolute Gasteiger partial charge is 0.489 e. The van der Waals surface area contributed by atoms with Crippen LogP contribution in [0, 0.1) is 47.3 Å². The number of hydrogen-bond acceptors (Lipinski definition) is 10. The monoisotopic (exact) mass is 1030 g/mol. The summed E-state index contributed by atoms with van der Waals surface area (Å²) in [7, 11) is 0. The van der Waals surface area contributed by atoms with Gasteiger partial charge in [0.2, 0.25) is 0 Å². The third kappa shape index (κ3) is 10.3. The summed E-state index contributed by atoms with van der Waals surface area (Å²) in [4.78, 5) is 42.7. The van der Waals surface area contributed by atoms with E-state index in [-0.39, 0.29) is 88.5 Å². The molecule has 0 unspecified atom stereocenters. The molecule has 4 aromatic carbocycles. The van der Waals surface area contributed by atoms with Crippen LogP contribution in [-0.4, -0.2) is 54.3 Å². The van der Waals surface area contributed by atoms with E-state index in [0.717, 1.165) is 43.8 Å². The van der Waals surface area contributed by atoms with Gasteiger partial charge in [-0.05, 0) is 82.4 Å². The fraction of sp³-hybridized carbons (Fsp3) is 0.467. The van der Waals surface area contributed by atoms with Crippen LogP contribution in [0.15, 0.2) is 72.8 Å². The van der Waals surface area contributed by atoms with E-state index in [1.165, 1.54) is 0 Å². The molecule has 73 heavy (non-hydrogen) atoms. The molecular weight excluding hydrogens is 956 g/mol. The molecule has 12 nitrogen and oxygen atoms in total. The quantitative estimate of drug-likeness (QED) is 0.0909. The van der Waals surface area contributed by atoms with E-state index in [1.54, 1.807) is 0 Å². The first-order valence-corrected chi connectivity index (χ1v) is 26.2. The number of fused-ring (bicyclic) bond motifs is 20. The zero-order valence-corrected chi connectivity index (χ0v) is 46.4. The van der Waals surface area contributed by atoms with E-state index in [2.05, 4.69) is 111 Å². The Bertz CT molecular complexity index is 3050. The topological polar surface area (TPSA) is 142 Å². The van der Waals surface area contributed by atoms with Gasteiger partial charge in [0.05, 0.1) is 34.4 Å². The van der Waals surface area contributed by atoms with E-state index < -0.39 is 0 Å². The second-order valence-electron chi connectivity index (χ2n) is 22.5. The van der Waals surface area contributed by atoms with Crippen molar-refractivity contribution in [3.63, 3.8) is 0 Å². The summed E-state index contributed by atoms with van der Waals surface area (Å²) >= 11 is 0. The molecule has 5 heterocycles. The largest absolute Gasteiger partial charge is 2.00 e. The van der Waals surface area contributed by atoms with Crippen LogP contribution < -0.4 is 28.9 Å². The molecule has 2 aliphatic rings. The van der Waals surface area contributed by atoms with Gasteiger partial charge in [0.15, 0.2) is 0 Å². The molecule has 0 spiro atoms. The number of nitrogens with zero attached hydrogens (tertiary/aromatic N) is 8. The third-order valence-electron chi connectivity index (χ3n) is 14.0. The maximum Gasteiger partial charge on any atom is 2.00 e. The molecule has 7 aromatic rings. The summed E-state index contributed by atoms with van der Waals surface area (Å²) in [6.07, 6.45) is -0.331. The van der Waals surface area contributed by atoms with Crippen molar-refractivity contribution in [2.45, 2.75) is 135 Å². The molecule has 0 atom stereocenters. The van der Waals surface area contributed by atoms with Gasteiger partial charge in [-0.3, -0.25) is 0 Å². The predicted octanol–water partition coefficient (Wildman–Crippen LogP) is 14.4. The number of aromatic nitrogens is 8. The van der Waals surface area contributed by atoms with Crippen molar-refractivity contribution < 1.29 is 35.7 Å². The van der Waals surface area contributed by atoms with Crippen LogP contribution in [0.5, 0.6) is 23.0 Å². The average Bonchev–Trinajstić information content (AvgIpc) is 4.06. The minimum absolute atomic E-state index is 0. The summed E-state index contributed by atoms with van der Waals surface area (Å²) in [5.41, 5.74) is 4.68. The summed E-state index contributed by atoms with van der Waals surface area (Å²) < 4.78 is 28.0. The van der Waals surface area contributed by atoms with E-state index in [4.69, 9.17) is 58.8 Å². The van der Waals surface area contributed by atoms with Gasteiger partial charge in [-0.2, -0.15) is 0 Å². The van der Waals surface area contributed by atoms with Gasteiger partial charge in [-0.15, -0.1) is 0 Å². The van der Waals surface area contributed by atoms with Gasteiger partial charge >= 0.3 is 16.8 Å². The van der Waals surface area contributed by atoms with Crippen molar-refractivity contribution in [2.75, 3.05) is 0 Å². The van der Waals surface area contributed by atoms with Crippen molar-refractivity contribution >= 4 is 44.1 Å². The van der Waals surface area contributed by atoms with Gasteiger partial charge < -0.3 is 48.9 Å². The van der Waals surface area contributed by atoms with Crippen molar-refractivity contribution in [3.8, 4) is 68.5 Å². The van der Waals surface area contributed by atoms with Gasteiger partial charge in [0.25, 0.3) is 0 Å². The number of benzene rings is 4. The number of hydrogen-bond donors (Lipinski definition) is 0. The molecule has 0 fully saturated rings. The molecule has 385 valence electrons. The molecule has 1 radical (unpaired) electrons. The van der Waals surface area contributed by atoms with Crippen LogP contribution in [0.25, 0.3) is 89.7 Å². The van der Waals surface area contributed by atoms with Crippen molar-refractivity contribution in [2.24, 2.45) is 47.3 Å². The molecule has 0 amide bonds. The minimum atomic E-state index is -0.0828. The SMILES string of the molecule is CC(C)C(Oc1cccc2c1-c1nc-2nc2[n-]c(nc3nc(nc4[n-]c(n1)c1c(OC(C(C)C)C(C)C)cccc41)-c1cccc(OC(C(C)C)C(C)C)c1-3)c1c(OC(C(C)C)C(C)C)cccc21)C(C)C.[Co+2]. The Morgan fingerprint density at radius 3 is 0.904 bits per heavy atom.